The molecule has 2 unspecified atom stereocenters. The number of carbonyl (C=O) groups excluding carboxylic acids is 1. The zero-order valence-electron chi connectivity index (χ0n) is 7.95. The summed E-state index contributed by atoms with van der Waals surface area (Å²) in [6.07, 6.45) is 1.82. The number of esters is 1. The number of rotatable bonds is 6. The second kappa shape index (κ2) is 7.03. The van der Waals surface area contributed by atoms with Crippen molar-refractivity contribution in [1.29, 1.82) is 0 Å². The fourth-order valence-corrected chi connectivity index (χ4v) is 0.992. The average Bonchev–Trinajstić information content (AvgIpc) is 2.02. The number of carbonyl (C=O) groups is 1. The Hall–Kier alpha value is -0.420. The van der Waals surface area contributed by atoms with Crippen molar-refractivity contribution < 1.29 is 18.3 Å². The highest BCUT2D eigenvalue weighted by atomic mass is 32.2. The quantitative estimate of drug-likeness (QED) is 0.478. The van der Waals surface area contributed by atoms with Crippen molar-refractivity contribution in [2.75, 3.05) is 12.4 Å². The van der Waals surface area contributed by atoms with Crippen LogP contribution in [0.1, 0.15) is 26.7 Å². The van der Waals surface area contributed by atoms with E-state index in [1.165, 1.54) is 0 Å². The summed E-state index contributed by atoms with van der Waals surface area (Å²) in [4.78, 5) is 10.7. The van der Waals surface area contributed by atoms with Crippen molar-refractivity contribution in [3.05, 3.63) is 0 Å². The third kappa shape index (κ3) is 7.93. The molecule has 0 aliphatic rings. The van der Waals surface area contributed by atoms with Crippen LogP contribution in [-0.4, -0.2) is 27.1 Å². The van der Waals surface area contributed by atoms with E-state index < -0.39 is 22.8 Å². The van der Waals surface area contributed by atoms with Gasteiger partial charge < -0.3 is 9.29 Å². The van der Waals surface area contributed by atoms with Gasteiger partial charge in [0.1, 0.15) is 5.75 Å². The third-order valence-electron chi connectivity index (χ3n) is 1.81. The zero-order chi connectivity index (χ0) is 10.3. The second-order valence-electron chi connectivity index (χ2n) is 2.97. The first-order valence-electron chi connectivity index (χ1n) is 4.27. The van der Waals surface area contributed by atoms with Crippen LogP contribution < -0.4 is 0 Å². The fraction of sp³-hybridized carbons (Fsp3) is 0.875. The van der Waals surface area contributed by atoms with Crippen LogP contribution in [0.25, 0.3) is 0 Å². The summed E-state index contributed by atoms with van der Waals surface area (Å²) in [6, 6.07) is 0. The Morgan fingerprint density at radius 3 is 2.69 bits per heavy atom. The highest BCUT2D eigenvalue weighted by Crippen LogP contribution is 2.05. The highest BCUT2D eigenvalue weighted by Gasteiger charge is 2.04. The first-order valence-corrected chi connectivity index (χ1v) is 5.52. The van der Waals surface area contributed by atoms with Crippen LogP contribution in [0, 0.1) is 5.92 Å². The molecule has 5 heteroatoms. The predicted octanol–water partition coefficient (Wildman–Crippen LogP) is 0.845. The highest BCUT2D eigenvalue weighted by molar-refractivity contribution is 7.79. The van der Waals surface area contributed by atoms with Crippen LogP contribution in [-0.2, 0) is 20.6 Å². The van der Waals surface area contributed by atoms with Gasteiger partial charge in [-0.15, -0.1) is 0 Å². The van der Waals surface area contributed by atoms with E-state index in [9.17, 15) is 13.6 Å². The molecule has 0 saturated carbocycles. The van der Waals surface area contributed by atoms with Gasteiger partial charge in [0, 0.05) is 0 Å². The molecule has 0 aromatic carbocycles. The van der Waals surface area contributed by atoms with Gasteiger partial charge in [-0.3, -0.25) is 9.00 Å². The standard InChI is InChI=1S/C8H16O4S/c1-3-7(2)4-5-12-8(9)6-13(10)11/h7H,3-6H2,1-2H3,(H,10,11)/p-1. The van der Waals surface area contributed by atoms with Crippen LogP contribution in [0.2, 0.25) is 0 Å². The van der Waals surface area contributed by atoms with Crippen LogP contribution in [0.5, 0.6) is 0 Å². The van der Waals surface area contributed by atoms with Crippen molar-refractivity contribution in [3.8, 4) is 0 Å². The summed E-state index contributed by atoms with van der Waals surface area (Å²) < 4.78 is 24.8. The Balaban J connectivity index is 3.42. The van der Waals surface area contributed by atoms with Gasteiger partial charge in [0.25, 0.3) is 0 Å². The molecule has 0 amide bonds. The lowest BCUT2D eigenvalue weighted by Gasteiger charge is -2.09. The minimum Gasteiger partial charge on any atom is -0.772 e. The van der Waals surface area contributed by atoms with Crippen molar-refractivity contribution in [2.45, 2.75) is 26.7 Å². The van der Waals surface area contributed by atoms with Gasteiger partial charge in [-0.2, -0.15) is 0 Å². The topological polar surface area (TPSA) is 66.4 Å². The molecule has 0 aliphatic carbocycles. The number of hydrogen-bond acceptors (Lipinski definition) is 4. The van der Waals surface area contributed by atoms with E-state index in [0.717, 1.165) is 12.8 Å². The van der Waals surface area contributed by atoms with E-state index in [1.54, 1.807) is 0 Å². The first-order chi connectivity index (χ1) is 6.06. The molecular weight excluding hydrogens is 192 g/mol. The normalized spacial score (nSPS) is 15.0. The van der Waals surface area contributed by atoms with Crippen molar-refractivity contribution in [2.24, 2.45) is 5.92 Å². The maximum atomic E-state index is 10.7. The molecule has 0 fully saturated rings. The molecule has 0 spiro atoms. The Kier molecular flexibility index (Phi) is 6.80. The minimum atomic E-state index is -2.34. The molecule has 0 bridgehead atoms. The molecule has 13 heavy (non-hydrogen) atoms. The van der Waals surface area contributed by atoms with Gasteiger partial charge in [0.05, 0.1) is 6.61 Å². The molecule has 0 rings (SSSR count). The predicted molar refractivity (Wildman–Crippen MR) is 48.8 cm³/mol. The molecular formula is C8H15O4S-. The molecule has 0 aromatic heterocycles. The van der Waals surface area contributed by atoms with Crippen molar-refractivity contribution in [1.82, 2.24) is 0 Å². The fourth-order valence-electron chi connectivity index (χ4n) is 0.716. The summed E-state index contributed by atoms with van der Waals surface area (Å²) in [7, 11) is 0. The van der Waals surface area contributed by atoms with Gasteiger partial charge >= 0.3 is 5.97 Å². The lowest BCUT2D eigenvalue weighted by molar-refractivity contribution is -0.140. The third-order valence-corrected chi connectivity index (χ3v) is 2.28. The van der Waals surface area contributed by atoms with Gasteiger partial charge in [-0.1, -0.05) is 20.3 Å². The monoisotopic (exact) mass is 207 g/mol. The molecule has 0 N–H and O–H groups in total. The molecule has 78 valence electrons. The molecule has 4 nitrogen and oxygen atoms in total. The van der Waals surface area contributed by atoms with Crippen LogP contribution >= 0.6 is 0 Å². The largest absolute Gasteiger partial charge is 0.772 e. The maximum Gasteiger partial charge on any atom is 0.317 e. The first kappa shape index (κ1) is 12.6. The van der Waals surface area contributed by atoms with Gasteiger partial charge in [-0.05, 0) is 23.4 Å². The summed E-state index contributed by atoms with van der Waals surface area (Å²) in [6.45, 7) is 4.42. The van der Waals surface area contributed by atoms with E-state index >= 15 is 0 Å². The average molecular weight is 207 g/mol. The Morgan fingerprint density at radius 2 is 2.23 bits per heavy atom. The number of hydrogen-bond donors (Lipinski definition) is 0. The molecule has 0 saturated heterocycles. The van der Waals surface area contributed by atoms with E-state index in [-0.39, 0.29) is 0 Å². The van der Waals surface area contributed by atoms with E-state index in [4.69, 9.17) is 4.74 Å². The summed E-state index contributed by atoms with van der Waals surface area (Å²) in [5, 5.41) is 0. The van der Waals surface area contributed by atoms with Gasteiger partial charge in [0.15, 0.2) is 0 Å². The summed E-state index contributed by atoms with van der Waals surface area (Å²) in [5.74, 6) is -0.706. The smallest absolute Gasteiger partial charge is 0.317 e. The molecule has 0 aliphatic heterocycles. The molecule has 0 radical (unpaired) electrons. The number of ether oxygens (including phenoxy) is 1. The Morgan fingerprint density at radius 1 is 1.62 bits per heavy atom. The molecule has 2 atom stereocenters. The van der Waals surface area contributed by atoms with Crippen LogP contribution in [0.15, 0.2) is 0 Å². The second-order valence-corrected chi connectivity index (χ2v) is 3.87. The Bertz CT molecular complexity index is 181. The van der Waals surface area contributed by atoms with Gasteiger partial charge in [0.2, 0.25) is 0 Å². The van der Waals surface area contributed by atoms with Crippen LogP contribution in [0.4, 0.5) is 0 Å². The lowest BCUT2D eigenvalue weighted by Crippen LogP contribution is -2.15. The van der Waals surface area contributed by atoms with Gasteiger partial charge in [-0.25, -0.2) is 0 Å². The summed E-state index contributed by atoms with van der Waals surface area (Å²) in [5.41, 5.74) is 0. The molecule has 0 heterocycles. The van der Waals surface area contributed by atoms with Crippen LogP contribution in [0.3, 0.4) is 0 Å². The maximum absolute atomic E-state index is 10.7. The molecule has 0 aromatic rings. The Labute approximate surface area is 80.9 Å². The van der Waals surface area contributed by atoms with E-state index in [0.29, 0.717) is 12.5 Å². The SMILES string of the molecule is CCC(C)CCOC(=O)CS(=O)[O-]. The summed E-state index contributed by atoms with van der Waals surface area (Å²) >= 11 is -2.34. The van der Waals surface area contributed by atoms with Crippen molar-refractivity contribution in [3.63, 3.8) is 0 Å². The minimum absolute atomic E-state index is 0.311. The lowest BCUT2D eigenvalue weighted by atomic mass is 10.1. The van der Waals surface area contributed by atoms with E-state index in [1.807, 2.05) is 0 Å². The van der Waals surface area contributed by atoms with Crippen molar-refractivity contribution >= 4 is 17.0 Å². The van der Waals surface area contributed by atoms with E-state index in [2.05, 4.69) is 13.8 Å². The zero-order valence-corrected chi connectivity index (χ0v) is 8.76.